The molecule has 0 aliphatic carbocycles. The fraction of sp³-hybridized carbons (Fsp3) is 0.0345. The van der Waals surface area contributed by atoms with Crippen LogP contribution in [0.2, 0.25) is 0 Å². The third-order valence-corrected chi connectivity index (χ3v) is 5.90. The maximum absolute atomic E-state index is 12.7. The van der Waals surface area contributed by atoms with Crippen LogP contribution in [0.3, 0.4) is 0 Å². The van der Waals surface area contributed by atoms with Gasteiger partial charge in [-0.05, 0) is 46.0 Å². The summed E-state index contributed by atoms with van der Waals surface area (Å²) in [5.74, 6) is -0.706. The second kappa shape index (κ2) is 9.19. The zero-order valence-electron chi connectivity index (χ0n) is 18.6. The van der Waals surface area contributed by atoms with Crippen molar-refractivity contribution in [1.29, 1.82) is 0 Å². The van der Waals surface area contributed by atoms with Gasteiger partial charge in [-0.15, -0.1) is 0 Å². The zero-order chi connectivity index (χ0) is 24.4. The Morgan fingerprint density at radius 3 is 2.23 bits per heavy atom. The first-order valence-corrected chi connectivity index (χ1v) is 11.1. The molecule has 0 aliphatic heterocycles. The molecule has 0 spiro atoms. The van der Waals surface area contributed by atoms with Gasteiger partial charge >= 0.3 is 0 Å². The molecule has 6 nitrogen and oxygen atoms in total. The monoisotopic (exact) mass is 462 g/mol. The van der Waals surface area contributed by atoms with Crippen molar-refractivity contribution in [3.8, 4) is 39.6 Å². The lowest BCUT2D eigenvalue weighted by molar-refractivity contribution is 0.403. The summed E-state index contributed by atoms with van der Waals surface area (Å²) >= 11 is 0. The summed E-state index contributed by atoms with van der Waals surface area (Å²) in [6.45, 7) is 0.205. The van der Waals surface area contributed by atoms with E-state index in [-0.39, 0.29) is 23.9 Å². The predicted octanol–water partition coefficient (Wildman–Crippen LogP) is 5.60. The molecule has 6 heteroatoms. The molecule has 0 unspecified atom stereocenters. The lowest BCUT2D eigenvalue weighted by atomic mass is 9.90. The van der Waals surface area contributed by atoms with E-state index in [9.17, 15) is 20.1 Å². The largest absolute Gasteiger partial charge is 0.504 e. The third kappa shape index (κ3) is 4.25. The Morgan fingerprint density at radius 2 is 1.46 bits per heavy atom. The zero-order valence-corrected chi connectivity index (χ0v) is 18.6. The summed E-state index contributed by atoms with van der Waals surface area (Å²) in [5, 5.41) is 31.0. The molecule has 4 N–H and O–H groups in total. The van der Waals surface area contributed by atoms with Crippen molar-refractivity contribution >= 4 is 17.0 Å². The molecule has 4 aromatic carbocycles. The van der Waals surface area contributed by atoms with Gasteiger partial charge in [0, 0.05) is 17.0 Å². The average Bonchev–Trinajstić information content (AvgIpc) is 2.88. The van der Waals surface area contributed by atoms with Gasteiger partial charge in [-0.25, -0.2) is 0 Å². The molecule has 0 aliphatic rings. The molecule has 0 radical (unpaired) electrons. The molecule has 5 rings (SSSR count). The lowest BCUT2D eigenvalue weighted by Crippen LogP contribution is -2.09. The molecule has 5 aromatic rings. The van der Waals surface area contributed by atoms with Gasteiger partial charge in [-0.2, -0.15) is 0 Å². The van der Waals surface area contributed by atoms with E-state index < -0.39 is 5.56 Å². The van der Waals surface area contributed by atoms with E-state index in [1.54, 1.807) is 12.1 Å². The molecule has 0 saturated carbocycles. The van der Waals surface area contributed by atoms with E-state index in [0.29, 0.717) is 21.9 Å². The number of H-pyrrole nitrogens is 1. The van der Waals surface area contributed by atoms with Gasteiger partial charge in [0.25, 0.3) is 5.56 Å². The third-order valence-electron chi connectivity index (χ3n) is 5.90. The van der Waals surface area contributed by atoms with E-state index in [1.807, 2.05) is 66.7 Å². The van der Waals surface area contributed by atoms with Gasteiger partial charge in [0.15, 0.2) is 11.5 Å². The number of phenolic OH excluding ortho intramolecular Hbond substituents is 2. The average molecular weight is 463 g/mol. The Kier molecular flexibility index (Phi) is 5.77. The van der Waals surface area contributed by atoms with E-state index in [4.69, 9.17) is 0 Å². The minimum atomic E-state index is -0.392. The minimum Gasteiger partial charge on any atom is -0.504 e. The number of benzene rings is 4. The summed E-state index contributed by atoms with van der Waals surface area (Å²) in [7, 11) is 0. The molecule has 1 heterocycles. The van der Waals surface area contributed by atoms with Gasteiger partial charge in [-0.1, -0.05) is 72.8 Å². The maximum atomic E-state index is 12.7. The van der Waals surface area contributed by atoms with Gasteiger partial charge in [0.05, 0.1) is 12.1 Å². The Morgan fingerprint density at radius 1 is 0.743 bits per heavy atom. The normalized spacial score (nSPS) is 11.3. The minimum absolute atomic E-state index is 0.205. The molecule has 0 saturated heterocycles. The van der Waals surface area contributed by atoms with Crippen LogP contribution < -0.4 is 5.56 Å². The van der Waals surface area contributed by atoms with Gasteiger partial charge in [-0.3, -0.25) is 14.8 Å². The highest BCUT2D eigenvalue weighted by molar-refractivity contribution is 6.10. The van der Waals surface area contributed by atoms with Crippen molar-refractivity contribution in [1.82, 2.24) is 4.98 Å². The number of hydrogen-bond donors (Lipinski definition) is 4. The second-order valence-electron chi connectivity index (χ2n) is 8.15. The van der Waals surface area contributed by atoms with E-state index in [2.05, 4.69) is 9.98 Å². The predicted molar refractivity (Wildman–Crippen MR) is 138 cm³/mol. The highest BCUT2D eigenvalue weighted by Gasteiger charge is 2.16. The topological polar surface area (TPSA) is 106 Å². The Labute approximate surface area is 201 Å². The molecule has 35 heavy (non-hydrogen) atoms. The molecule has 0 atom stereocenters. The molecule has 172 valence electrons. The highest BCUT2D eigenvalue weighted by atomic mass is 16.3. The van der Waals surface area contributed by atoms with Crippen molar-refractivity contribution in [3.63, 3.8) is 0 Å². The molecular weight excluding hydrogens is 440 g/mol. The smallest absolute Gasteiger partial charge is 0.258 e. The number of nitrogens with one attached hydrogen (secondary N) is 1. The summed E-state index contributed by atoms with van der Waals surface area (Å²) in [6.07, 6.45) is 1.52. The number of aliphatic imine (C=N–C) groups is 1. The second-order valence-corrected chi connectivity index (χ2v) is 8.15. The lowest BCUT2D eigenvalue weighted by Gasteiger charge is -2.14. The van der Waals surface area contributed by atoms with Gasteiger partial charge in [0.1, 0.15) is 0 Å². The van der Waals surface area contributed by atoms with E-state index in [1.165, 1.54) is 18.3 Å². The number of pyridine rings is 1. The van der Waals surface area contributed by atoms with Crippen LogP contribution in [-0.2, 0) is 6.54 Å². The van der Waals surface area contributed by atoms with Crippen molar-refractivity contribution in [2.45, 2.75) is 6.54 Å². The Hall–Kier alpha value is -4.84. The fourth-order valence-electron chi connectivity index (χ4n) is 4.24. The van der Waals surface area contributed by atoms with Crippen LogP contribution in [0.15, 0.2) is 101 Å². The Bertz CT molecular complexity index is 1620. The van der Waals surface area contributed by atoms with E-state index in [0.717, 1.165) is 22.3 Å². The first kappa shape index (κ1) is 22.0. The summed E-state index contributed by atoms with van der Waals surface area (Å²) in [6, 6.07) is 27.9. The summed E-state index contributed by atoms with van der Waals surface area (Å²) < 4.78 is 0. The number of aromatic hydroxyl groups is 3. The molecule has 0 fully saturated rings. The Balaban J connectivity index is 1.68. The molecule has 0 bridgehead atoms. The molecule has 0 amide bonds. The van der Waals surface area contributed by atoms with Gasteiger partial charge < -0.3 is 15.3 Å². The van der Waals surface area contributed by atoms with Crippen LogP contribution in [-0.4, -0.2) is 26.5 Å². The number of phenols is 2. The van der Waals surface area contributed by atoms with Crippen LogP contribution >= 0.6 is 0 Å². The number of aromatic nitrogens is 1. The van der Waals surface area contributed by atoms with Crippen molar-refractivity contribution in [2.24, 2.45) is 4.99 Å². The van der Waals surface area contributed by atoms with Crippen LogP contribution in [0.4, 0.5) is 0 Å². The number of aromatic amines is 1. The molecule has 1 aromatic heterocycles. The fourth-order valence-corrected chi connectivity index (χ4v) is 4.24. The standard InChI is InChI=1S/C29H22N2O4/c32-25-14-13-18(15-26(25)33)16-30-17-24-27-22(11-6-12-23(27)28(34)31-29(24)35)21-10-5-4-9-20(21)19-7-2-1-3-8-19/h1-15,17,32-33H,16H2,(H2,31,34,35). The van der Waals surface area contributed by atoms with Crippen LogP contribution in [0.25, 0.3) is 33.0 Å². The van der Waals surface area contributed by atoms with Crippen molar-refractivity contribution < 1.29 is 15.3 Å². The first-order valence-electron chi connectivity index (χ1n) is 11.1. The van der Waals surface area contributed by atoms with Crippen molar-refractivity contribution in [2.75, 3.05) is 0 Å². The van der Waals surface area contributed by atoms with E-state index >= 15 is 0 Å². The SMILES string of the molecule is O=c1[nH]c(O)c(C=NCc2ccc(O)c(O)c2)c2c(-c3ccccc3-c3ccccc3)cccc12. The maximum Gasteiger partial charge on any atom is 0.258 e. The number of rotatable bonds is 5. The summed E-state index contributed by atoms with van der Waals surface area (Å²) in [4.78, 5) is 19.7. The highest BCUT2D eigenvalue weighted by Crippen LogP contribution is 2.37. The molecular formula is C29H22N2O4. The van der Waals surface area contributed by atoms with Crippen LogP contribution in [0.5, 0.6) is 17.4 Å². The number of nitrogens with zero attached hydrogens (tertiary/aromatic N) is 1. The van der Waals surface area contributed by atoms with Gasteiger partial charge in [0.2, 0.25) is 5.88 Å². The van der Waals surface area contributed by atoms with Crippen molar-refractivity contribution in [3.05, 3.63) is 112 Å². The number of fused-ring (bicyclic) bond motifs is 1. The quantitative estimate of drug-likeness (QED) is 0.202. The first-order chi connectivity index (χ1) is 17.0. The van der Waals surface area contributed by atoms with Crippen LogP contribution in [0.1, 0.15) is 11.1 Å². The number of hydrogen-bond acceptors (Lipinski definition) is 5. The summed E-state index contributed by atoms with van der Waals surface area (Å²) in [5.41, 5.74) is 4.44. The van der Waals surface area contributed by atoms with Crippen LogP contribution in [0, 0.1) is 0 Å².